The van der Waals surface area contributed by atoms with Crippen LogP contribution in [0.3, 0.4) is 0 Å². The lowest BCUT2D eigenvalue weighted by Gasteiger charge is -2.19. The molecule has 3 heteroatoms. The molecule has 0 saturated heterocycles. The van der Waals surface area contributed by atoms with Crippen molar-refractivity contribution in [3.8, 4) is 0 Å². The van der Waals surface area contributed by atoms with Crippen LogP contribution < -0.4 is 5.32 Å². The molecule has 1 N–H and O–H groups in total. The molecule has 19 heavy (non-hydrogen) atoms. The first-order valence-electron chi connectivity index (χ1n) is 7.52. The van der Waals surface area contributed by atoms with Crippen LogP contribution in [0.2, 0.25) is 0 Å². The number of rotatable bonds is 8. The molecule has 0 aliphatic heterocycles. The van der Waals surface area contributed by atoms with Gasteiger partial charge in [-0.25, -0.2) is 4.98 Å². The van der Waals surface area contributed by atoms with Gasteiger partial charge in [0.05, 0.1) is 10.7 Å². The minimum atomic E-state index is 0.712. The lowest BCUT2D eigenvalue weighted by Crippen LogP contribution is -2.28. The van der Waals surface area contributed by atoms with Gasteiger partial charge in [0.15, 0.2) is 0 Å². The summed E-state index contributed by atoms with van der Waals surface area (Å²) in [6, 6.07) is 0. The quantitative estimate of drug-likeness (QED) is 0.772. The van der Waals surface area contributed by atoms with Gasteiger partial charge in [0.2, 0.25) is 0 Å². The summed E-state index contributed by atoms with van der Waals surface area (Å²) >= 11 is 1.87. The molecular formula is C16H30N2S. The van der Waals surface area contributed by atoms with E-state index in [9.17, 15) is 0 Å². The zero-order chi connectivity index (χ0) is 14.4. The Kier molecular flexibility index (Phi) is 7.01. The van der Waals surface area contributed by atoms with Crippen LogP contribution in [0.5, 0.6) is 0 Å². The van der Waals surface area contributed by atoms with E-state index in [4.69, 9.17) is 4.98 Å². The number of nitrogens with one attached hydrogen (secondary N) is 1. The van der Waals surface area contributed by atoms with E-state index in [1.165, 1.54) is 22.0 Å². The van der Waals surface area contributed by atoms with Gasteiger partial charge >= 0.3 is 0 Å². The number of hydrogen-bond donors (Lipinski definition) is 1. The van der Waals surface area contributed by atoms with Gasteiger partial charge in [-0.2, -0.15) is 0 Å². The second-order valence-corrected chi connectivity index (χ2v) is 7.79. The van der Waals surface area contributed by atoms with Gasteiger partial charge in [0.1, 0.15) is 0 Å². The molecule has 0 aliphatic carbocycles. The predicted octanol–water partition coefficient (Wildman–Crippen LogP) is 4.21. The SMILES string of the molecule is Cc1nc(CC(CNCC(C)C)CC(C)C)sc1C. The molecule has 1 atom stereocenters. The molecule has 1 rings (SSSR count). The first kappa shape index (κ1) is 16.6. The third-order valence-electron chi connectivity index (χ3n) is 3.33. The third-order valence-corrected chi connectivity index (χ3v) is 4.42. The summed E-state index contributed by atoms with van der Waals surface area (Å²) in [7, 11) is 0. The van der Waals surface area contributed by atoms with Crippen molar-refractivity contribution in [2.75, 3.05) is 13.1 Å². The fraction of sp³-hybridized carbons (Fsp3) is 0.812. The van der Waals surface area contributed by atoms with Crippen LogP contribution in [-0.2, 0) is 6.42 Å². The normalized spacial score (nSPS) is 13.5. The molecule has 1 aromatic heterocycles. The Morgan fingerprint density at radius 1 is 1.05 bits per heavy atom. The van der Waals surface area contributed by atoms with Gasteiger partial charge in [0.25, 0.3) is 0 Å². The average molecular weight is 282 g/mol. The van der Waals surface area contributed by atoms with Gasteiger partial charge in [-0.1, -0.05) is 27.7 Å². The van der Waals surface area contributed by atoms with Crippen LogP contribution in [0.4, 0.5) is 0 Å². The van der Waals surface area contributed by atoms with E-state index in [2.05, 4.69) is 46.9 Å². The molecule has 0 spiro atoms. The van der Waals surface area contributed by atoms with Gasteiger partial charge < -0.3 is 5.32 Å². The number of hydrogen-bond acceptors (Lipinski definition) is 3. The molecule has 0 saturated carbocycles. The summed E-state index contributed by atoms with van der Waals surface area (Å²) in [4.78, 5) is 6.06. The number of aromatic nitrogens is 1. The third kappa shape index (κ3) is 6.53. The van der Waals surface area contributed by atoms with Crippen molar-refractivity contribution in [2.45, 2.75) is 54.4 Å². The Labute approximate surface area is 123 Å². The smallest absolute Gasteiger partial charge is 0.0934 e. The molecule has 0 bridgehead atoms. The molecule has 0 aromatic carbocycles. The second kappa shape index (κ2) is 8.01. The second-order valence-electron chi connectivity index (χ2n) is 6.50. The van der Waals surface area contributed by atoms with Crippen molar-refractivity contribution in [2.24, 2.45) is 17.8 Å². The lowest BCUT2D eigenvalue weighted by atomic mass is 9.94. The fourth-order valence-electron chi connectivity index (χ4n) is 2.36. The highest BCUT2D eigenvalue weighted by Crippen LogP contribution is 2.22. The highest BCUT2D eigenvalue weighted by molar-refractivity contribution is 7.11. The maximum absolute atomic E-state index is 4.69. The van der Waals surface area contributed by atoms with Crippen LogP contribution in [0, 0.1) is 31.6 Å². The molecule has 0 amide bonds. The highest BCUT2D eigenvalue weighted by Gasteiger charge is 2.14. The van der Waals surface area contributed by atoms with Crippen molar-refractivity contribution in [1.29, 1.82) is 0 Å². The minimum absolute atomic E-state index is 0.712. The van der Waals surface area contributed by atoms with Crippen LogP contribution in [0.25, 0.3) is 0 Å². The van der Waals surface area contributed by atoms with Crippen LogP contribution in [-0.4, -0.2) is 18.1 Å². The van der Waals surface area contributed by atoms with Gasteiger partial charge in [-0.3, -0.25) is 0 Å². The van der Waals surface area contributed by atoms with Crippen molar-refractivity contribution in [1.82, 2.24) is 10.3 Å². The molecule has 1 heterocycles. The van der Waals surface area contributed by atoms with Gasteiger partial charge in [-0.05, 0) is 51.1 Å². The Bertz CT molecular complexity index is 349. The summed E-state index contributed by atoms with van der Waals surface area (Å²) in [5.74, 6) is 2.20. The first-order valence-corrected chi connectivity index (χ1v) is 8.33. The zero-order valence-electron chi connectivity index (χ0n) is 13.4. The van der Waals surface area contributed by atoms with Crippen molar-refractivity contribution >= 4 is 11.3 Å². The van der Waals surface area contributed by atoms with Crippen LogP contribution in [0.1, 0.15) is 49.7 Å². The molecule has 1 aromatic rings. The van der Waals surface area contributed by atoms with Gasteiger partial charge in [0, 0.05) is 11.3 Å². The molecular weight excluding hydrogens is 252 g/mol. The lowest BCUT2D eigenvalue weighted by molar-refractivity contribution is 0.376. The summed E-state index contributed by atoms with van der Waals surface area (Å²) in [5.41, 5.74) is 1.21. The zero-order valence-corrected chi connectivity index (χ0v) is 14.2. The maximum atomic E-state index is 4.69. The Hall–Kier alpha value is -0.410. The topological polar surface area (TPSA) is 24.9 Å². The Morgan fingerprint density at radius 3 is 2.21 bits per heavy atom. The van der Waals surface area contributed by atoms with E-state index >= 15 is 0 Å². The predicted molar refractivity (Wildman–Crippen MR) is 85.9 cm³/mol. The molecule has 2 nitrogen and oxygen atoms in total. The highest BCUT2D eigenvalue weighted by atomic mass is 32.1. The van der Waals surface area contributed by atoms with E-state index in [1.54, 1.807) is 0 Å². The van der Waals surface area contributed by atoms with Crippen molar-refractivity contribution in [3.63, 3.8) is 0 Å². The number of nitrogens with zero attached hydrogens (tertiary/aromatic N) is 1. The standard InChI is InChI=1S/C16H30N2S/c1-11(2)7-15(10-17-9-12(3)4)8-16-18-13(5)14(6)19-16/h11-12,15,17H,7-10H2,1-6H3. The van der Waals surface area contributed by atoms with E-state index in [1.807, 2.05) is 11.3 Å². The van der Waals surface area contributed by atoms with Crippen LogP contribution in [0.15, 0.2) is 0 Å². The van der Waals surface area contributed by atoms with Crippen LogP contribution >= 0.6 is 11.3 Å². The largest absolute Gasteiger partial charge is 0.316 e. The Morgan fingerprint density at radius 2 is 1.74 bits per heavy atom. The molecule has 0 aliphatic rings. The molecule has 110 valence electrons. The first-order chi connectivity index (χ1) is 8.88. The van der Waals surface area contributed by atoms with E-state index < -0.39 is 0 Å². The van der Waals surface area contributed by atoms with E-state index in [0.717, 1.165) is 31.3 Å². The minimum Gasteiger partial charge on any atom is -0.316 e. The van der Waals surface area contributed by atoms with Crippen molar-refractivity contribution < 1.29 is 0 Å². The summed E-state index contributed by atoms with van der Waals surface area (Å²) in [5, 5.41) is 4.92. The monoisotopic (exact) mass is 282 g/mol. The molecule has 1 unspecified atom stereocenters. The van der Waals surface area contributed by atoms with Gasteiger partial charge in [-0.15, -0.1) is 11.3 Å². The van der Waals surface area contributed by atoms with Crippen molar-refractivity contribution in [3.05, 3.63) is 15.6 Å². The Balaban J connectivity index is 2.53. The molecule has 0 fully saturated rings. The fourth-order valence-corrected chi connectivity index (χ4v) is 3.40. The summed E-state index contributed by atoms with van der Waals surface area (Å²) in [6.45, 7) is 15.7. The van der Waals surface area contributed by atoms with E-state index in [0.29, 0.717) is 5.92 Å². The number of thiazole rings is 1. The maximum Gasteiger partial charge on any atom is 0.0934 e. The summed E-state index contributed by atoms with van der Waals surface area (Å²) < 4.78 is 0. The summed E-state index contributed by atoms with van der Waals surface area (Å²) in [6.07, 6.45) is 2.41. The number of aryl methyl sites for hydroxylation is 2. The average Bonchev–Trinajstić information content (AvgIpc) is 2.56. The molecule has 0 radical (unpaired) electrons. The van der Waals surface area contributed by atoms with E-state index in [-0.39, 0.29) is 0 Å².